The molecule has 0 spiro atoms. The monoisotopic (exact) mass is 588 g/mol. The van der Waals surface area contributed by atoms with Crippen LogP contribution in [-0.2, 0) is 22.3 Å². The van der Waals surface area contributed by atoms with Gasteiger partial charge >= 0.3 is 6.18 Å². The number of nitrogens with two attached hydrogens (primary N) is 1. The molecule has 196 valence electrons. The average Bonchev–Trinajstić information content (AvgIpc) is 3.25. The van der Waals surface area contributed by atoms with Crippen molar-refractivity contribution in [2.75, 3.05) is 11.1 Å². The summed E-state index contributed by atoms with van der Waals surface area (Å²) in [6.07, 6.45) is -2.24. The van der Waals surface area contributed by atoms with E-state index in [-0.39, 0.29) is 57.7 Å². The van der Waals surface area contributed by atoms with E-state index in [9.17, 15) is 22.8 Å². The highest BCUT2D eigenvalue weighted by molar-refractivity contribution is 9.10. The molecule has 0 unspecified atom stereocenters. The summed E-state index contributed by atoms with van der Waals surface area (Å²) in [7, 11) is 0. The van der Waals surface area contributed by atoms with Crippen LogP contribution in [0.25, 0.3) is 22.1 Å². The standard InChI is InChI=1S/C24H20BrF3N8O2/c1-23-7-12(22(38)34-16-4-2-3-15(25)33-16)36(14(23)8-23)17(37)9-35-11-5-6-13(24(26,27)28)32-19(11)18-20(29)30-10-31-21(18)35/h2-6,10,12,14H,7-9H2,1H3,(H2,29,30,31)(H,33,34,38)/t12-,14+,23-/m0/s1. The number of aromatic nitrogens is 5. The van der Waals surface area contributed by atoms with Gasteiger partial charge in [-0.2, -0.15) is 13.2 Å². The van der Waals surface area contributed by atoms with Crippen molar-refractivity contribution in [3.8, 4) is 0 Å². The molecule has 4 aromatic heterocycles. The molecule has 6 rings (SSSR count). The lowest BCUT2D eigenvalue weighted by molar-refractivity contribution is -0.141. The summed E-state index contributed by atoms with van der Waals surface area (Å²) in [4.78, 5) is 44.7. The maximum Gasteiger partial charge on any atom is 0.433 e. The summed E-state index contributed by atoms with van der Waals surface area (Å²) in [6, 6.07) is 6.35. The van der Waals surface area contributed by atoms with Crippen LogP contribution in [0.2, 0.25) is 0 Å². The molecule has 1 saturated heterocycles. The van der Waals surface area contributed by atoms with Crippen molar-refractivity contribution in [1.29, 1.82) is 0 Å². The SMILES string of the molecule is C[C@@]12C[C@@H](C(=O)Nc3cccc(Br)n3)N(C(=O)Cn3c4ccc(C(F)(F)F)nc4c4c(N)ncnc43)[C@@H]1C2. The number of pyridine rings is 2. The Labute approximate surface area is 221 Å². The van der Waals surface area contributed by atoms with Crippen LogP contribution < -0.4 is 11.1 Å². The first-order chi connectivity index (χ1) is 18.0. The van der Waals surface area contributed by atoms with Crippen molar-refractivity contribution < 1.29 is 22.8 Å². The third-order valence-corrected chi connectivity index (χ3v) is 7.73. The lowest BCUT2D eigenvalue weighted by Crippen LogP contribution is -2.46. The predicted molar refractivity (Wildman–Crippen MR) is 135 cm³/mol. The number of hydrogen-bond acceptors (Lipinski definition) is 7. The fourth-order valence-electron chi connectivity index (χ4n) is 5.37. The number of piperidine rings is 1. The van der Waals surface area contributed by atoms with Crippen LogP contribution in [-0.4, -0.2) is 53.3 Å². The minimum absolute atomic E-state index is 0.0478. The molecule has 2 aliphatic rings. The van der Waals surface area contributed by atoms with Gasteiger partial charge in [0.15, 0.2) is 0 Å². The molecule has 1 aliphatic carbocycles. The van der Waals surface area contributed by atoms with Crippen molar-refractivity contribution >= 4 is 61.4 Å². The zero-order chi connectivity index (χ0) is 27.0. The number of carbonyl (C=O) groups excluding carboxylic acids is 2. The molecule has 0 bridgehead atoms. The van der Waals surface area contributed by atoms with Crippen molar-refractivity contribution in [1.82, 2.24) is 29.4 Å². The van der Waals surface area contributed by atoms with E-state index < -0.39 is 17.9 Å². The number of nitrogen functional groups attached to an aromatic ring is 1. The summed E-state index contributed by atoms with van der Waals surface area (Å²) in [5.74, 6) is -0.423. The summed E-state index contributed by atoms with van der Waals surface area (Å²) in [6.45, 7) is 1.76. The number of hydrogen-bond donors (Lipinski definition) is 2. The van der Waals surface area contributed by atoms with Crippen molar-refractivity contribution in [2.45, 2.75) is 44.6 Å². The molecule has 3 N–H and O–H groups in total. The van der Waals surface area contributed by atoms with Gasteiger partial charge in [0.05, 0.1) is 10.9 Å². The Morgan fingerprint density at radius 3 is 2.71 bits per heavy atom. The lowest BCUT2D eigenvalue weighted by atomic mass is 10.0. The number of alkyl halides is 3. The zero-order valence-corrected chi connectivity index (χ0v) is 21.4. The van der Waals surface area contributed by atoms with E-state index in [2.05, 4.69) is 41.2 Å². The first kappa shape index (κ1) is 24.5. The van der Waals surface area contributed by atoms with Gasteiger partial charge in [-0.1, -0.05) is 13.0 Å². The smallest absolute Gasteiger partial charge is 0.383 e. The maximum absolute atomic E-state index is 13.7. The van der Waals surface area contributed by atoms with E-state index in [1.54, 1.807) is 23.1 Å². The van der Waals surface area contributed by atoms with Gasteiger partial charge in [-0.25, -0.2) is 19.9 Å². The molecule has 5 heterocycles. The predicted octanol–water partition coefficient (Wildman–Crippen LogP) is 3.76. The van der Waals surface area contributed by atoms with Crippen molar-refractivity contribution in [2.24, 2.45) is 5.41 Å². The quantitative estimate of drug-likeness (QED) is 0.347. The third kappa shape index (κ3) is 3.94. The Morgan fingerprint density at radius 1 is 1.18 bits per heavy atom. The van der Waals surface area contributed by atoms with Gasteiger partial charge in [-0.15, -0.1) is 0 Å². The number of halogens is 4. The number of anilines is 2. The first-order valence-corrected chi connectivity index (χ1v) is 12.5. The molecule has 38 heavy (non-hydrogen) atoms. The zero-order valence-electron chi connectivity index (χ0n) is 19.8. The molecule has 1 saturated carbocycles. The van der Waals surface area contributed by atoms with E-state index in [1.807, 2.05) is 6.92 Å². The Hall–Kier alpha value is -3.81. The molecule has 1 aliphatic heterocycles. The van der Waals surface area contributed by atoms with Crippen LogP contribution >= 0.6 is 15.9 Å². The second-order valence-corrected chi connectivity index (χ2v) is 10.6. The number of likely N-dealkylation sites (tertiary alicyclic amines) is 1. The molecule has 4 aromatic rings. The molecule has 2 amide bonds. The van der Waals surface area contributed by atoms with Crippen LogP contribution in [0.5, 0.6) is 0 Å². The van der Waals surface area contributed by atoms with E-state index in [0.717, 1.165) is 12.5 Å². The molecule has 0 radical (unpaired) electrons. The highest BCUT2D eigenvalue weighted by atomic mass is 79.9. The van der Waals surface area contributed by atoms with Gasteiger partial charge in [0.1, 0.15) is 52.0 Å². The Kier molecular flexibility index (Phi) is 5.39. The fraction of sp³-hybridized carbons (Fsp3) is 0.333. The summed E-state index contributed by atoms with van der Waals surface area (Å²) in [5, 5.41) is 2.91. The first-order valence-electron chi connectivity index (χ1n) is 11.7. The van der Waals surface area contributed by atoms with Crippen LogP contribution in [0, 0.1) is 5.41 Å². The van der Waals surface area contributed by atoms with Crippen molar-refractivity contribution in [3.63, 3.8) is 0 Å². The normalized spacial score (nSPS) is 22.6. The molecule has 2 fully saturated rings. The van der Waals surface area contributed by atoms with Crippen LogP contribution in [0.1, 0.15) is 25.5 Å². The van der Waals surface area contributed by atoms with E-state index >= 15 is 0 Å². The Balaban J connectivity index is 1.36. The average molecular weight is 589 g/mol. The largest absolute Gasteiger partial charge is 0.433 e. The lowest BCUT2D eigenvalue weighted by Gasteiger charge is -2.27. The fourth-order valence-corrected chi connectivity index (χ4v) is 5.72. The van der Waals surface area contributed by atoms with E-state index in [1.165, 1.54) is 17.0 Å². The number of fused-ring (bicyclic) bond motifs is 4. The Bertz CT molecular complexity index is 1640. The van der Waals surface area contributed by atoms with Gasteiger partial charge < -0.3 is 20.5 Å². The summed E-state index contributed by atoms with van der Waals surface area (Å²) in [5.41, 5.74) is 5.11. The molecule has 10 nitrogen and oxygen atoms in total. The summed E-state index contributed by atoms with van der Waals surface area (Å²) < 4.78 is 42.2. The second-order valence-electron chi connectivity index (χ2n) is 9.84. The number of nitrogens with one attached hydrogen (secondary N) is 1. The third-order valence-electron chi connectivity index (χ3n) is 7.29. The minimum atomic E-state index is -4.67. The van der Waals surface area contributed by atoms with Crippen LogP contribution in [0.15, 0.2) is 41.3 Å². The highest BCUT2D eigenvalue weighted by Crippen LogP contribution is 2.59. The van der Waals surface area contributed by atoms with Gasteiger partial charge in [0, 0.05) is 6.04 Å². The van der Waals surface area contributed by atoms with E-state index in [0.29, 0.717) is 16.8 Å². The van der Waals surface area contributed by atoms with E-state index in [4.69, 9.17) is 5.73 Å². The highest BCUT2D eigenvalue weighted by Gasteiger charge is 2.64. The van der Waals surface area contributed by atoms with Gasteiger partial charge in [0.2, 0.25) is 11.8 Å². The van der Waals surface area contributed by atoms with Crippen molar-refractivity contribution in [3.05, 3.63) is 47.0 Å². The van der Waals surface area contributed by atoms with Gasteiger partial charge in [-0.3, -0.25) is 9.59 Å². The molecular weight excluding hydrogens is 569 g/mol. The number of amides is 2. The molecule has 14 heteroatoms. The number of nitrogens with zero attached hydrogens (tertiary/aromatic N) is 6. The minimum Gasteiger partial charge on any atom is -0.383 e. The van der Waals surface area contributed by atoms with Gasteiger partial charge in [0.25, 0.3) is 0 Å². The van der Waals surface area contributed by atoms with Gasteiger partial charge in [-0.05, 0) is 58.5 Å². The maximum atomic E-state index is 13.7. The van der Waals surface area contributed by atoms with Crippen LogP contribution in [0.4, 0.5) is 24.8 Å². The molecule has 0 aromatic carbocycles. The topological polar surface area (TPSA) is 132 Å². The summed E-state index contributed by atoms with van der Waals surface area (Å²) >= 11 is 3.27. The van der Waals surface area contributed by atoms with Crippen LogP contribution in [0.3, 0.4) is 0 Å². The number of rotatable bonds is 4. The Morgan fingerprint density at radius 2 is 1.97 bits per heavy atom. The molecule has 3 atom stereocenters. The second kappa shape index (κ2) is 8.35. The number of carbonyl (C=O) groups is 2. The molecular formula is C24H20BrF3N8O2.